The van der Waals surface area contributed by atoms with E-state index in [-0.39, 0.29) is 17.5 Å². The molecular weight excluding hydrogens is 340 g/mol. The lowest BCUT2D eigenvalue weighted by molar-refractivity contribution is 0.0943. The van der Waals surface area contributed by atoms with Gasteiger partial charge in [0.1, 0.15) is 5.52 Å². The van der Waals surface area contributed by atoms with Gasteiger partial charge in [0.05, 0.1) is 12.1 Å². The van der Waals surface area contributed by atoms with Crippen LogP contribution >= 0.6 is 0 Å². The SMILES string of the molecule is CC(C)NC(=O)c1ccc(Cn2c(=O)c3cccn3c3cccnc32)cc1. The van der Waals surface area contributed by atoms with E-state index < -0.39 is 0 Å². The molecular formula is C21H20N4O2. The van der Waals surface area contributed by atoms with Crippen LogP contribution in [0.15, 0.2) is 65.7 Å². The van der Waals surface area contributed by atoms with Gasteiger partial charge in [-0.05, 0) is 55.8 Å². The van der Waals surface area contributed by atoms with Crippen molar-refractivity contribution in [2.45, 2.75) is 26.4 Å². The zero-order valence-corrected chi connectivity index (χ0v) is 15.2. The van der Waals surface area contributed by atoms with Crippen LogP contribution in [0.25, 0.3) is 16.7 Å². The van der Waals surface area contributed by atoms with Gasteiger partial charge in [-0.2, -0.15) is 0 Å². The summed E-state index contributed by atoms with van der Waals surface area (Å²) >= 11 is 0. The number of nitrogens with zero attached hydrogens (tertiary/aromatic N) is 3. The van der Waals surface area contributed by atoms with Crippen LogP contribution in [0.4, 0.5) is 0 Å². The quantitative estimate of drug-likeness (QED) is 0.608. The maximum atomic E-state index is 12.9. The summed E-state index contributed by atoms with van der Waals surface area (Å²) in [4.78, 5) is 29.5. The van der Waals surface area contributed by atoms with E-state index in [1.54, 1.807) is 22.9 Å². The van der Waals surface area contributed by atoms with Gasteiger partial charge in [0.15, 0.2) is 5.65 Å². The van der Waals surface area contributed by atoms with Crippen LogP contribution in [0, 0.1) is 0 Å². The largest absolute Gasteiger partial charge is 0.350 e. The highest BCUT2D eigenvalue weighted by Crippen LogP contribution is 2.15. The van der Waals surface area contributed by atoms with Crippen LogP contribution in [0.2, 0.25) is 0 Å². The minimum atomic E-state index is -0.101. The Bertz CT molecular complexity index is 1190. The first-order chi connectivity index (χ1) is 13.0. The van der Waals surface area contributed by atoms with Crippen molar-refractivity contribution in [3.63, 3.8) is 0 Å². The molecule has 6 nitrogen and oxygen atoms in total. The van der Waals surface area contributed by atoms with E-state index in [4.69, 9.17) is 0 Å². The summed E-state index contributed by atoms with van der Waals surface area (Å²) in [5.74, 6) is -0.101. The summed E-state index contributed by atoms with van der Waals surface area (Å²) in [7, 11) is 0. The van der Waals surface area contributed by atoms with E-state index in [9.17, 15) is 9.59 Å². The predicted molar refractivity (Wildman–Crippen MR) is 105 cm³/mol. The van der Waals surface area contributed by atoms with Crippen LogP contribution in [0.1, 0.15) is 29.8 Å². The topological polar surface area (TPSA) is 68.4 Å². The van der Waals surface area contributed by atoms with E-state index in [1.165, 1.54) is 0 Å². The molecule has 1 amide bonds. The molecule has 0 saturated carbocycles. The first-order valence-electron chi connectivity index (χ1n) is 8.89. The lowest BCUT2D eigenvalue weighted by Gasteiger charge is -2.12. The van der Waals surface area contributed by atoms with Gasteiger partial charge in [0.25, 0.3) is 11.5 Å². The summed E-state index contributed by atoms with van der Waals surface area (Å²) in [6.07, 6.45) is 3.56. The first kappa shape index (κ1) is 17.0. The van der Waals surface area contributed by atoms with E-state index >= 15 is 0 Å². The fraction of sp³-hybridized carbons (Fsp3) is 0.190. The standard InChI is InChI=1S/C21H20N4O2/c1-14(2)23-20(26)16-9-7-15(8-10-16)13-25-19-17(5-3-11-22-19)24-12-4-6-18(24)21(25)27/h3-12,14H,13H2,1-2H3,(H,23,26). The first-order valence-corrected chi connectivity index (χ1v) is 8.89. The predicted octanol–water partition coefficient (Wildman–Crippen LogP) is 2.84. The molecule has 0 unspecified atom stereocenters. The number of rotatable bonds is 4. The number of carbonyl (C=O) groups is 1. The van der Waals surface area contributed by atoms with Gasteiger partial charge >= 0.3 is 0 Å². The van der Waals surface area contributed by atoms with Gasteiger partial charge in [0, 0.05) is 24.0 Å². The average Bonchev–Trinajstić information content (AvgIpc) is 3.15. The number of nitrogens with one attached hydrogen (secondary N) is 1. The van der Waals surface area contributed by atoms with Crippen molar-refractivity contribution in [1.82, 2.24) is 19.3 Å². The van der Waals surface area contributed by atoms with Crippen molar-refractivity contribution in [2.75, 3.05) is 0 Å². The zero-order valence-electron chi connectivity index (χ0n) is 15.2. The molecule has 0 atom stereocenters. The van der Waals surface area contributed by atoms with Crippen LogP contribution < -0.4 is 10.9 Å². The Kier molecular flexibility index (Phi) is 4.24. The highest BCUT2D eigenvalue weighted by molar-refractivity contribution is 5.94. The summed E-state index contributed by atoms with van der Waals surface area (Å²) in [5, 5.41) is 2.87. The molecule has 1 N–H and O–H groups in total. The molecule has 136 valence electrons. The molecule has 0 bridgehead atoms. The smallest absolute Gasteiger partial charge is 0.276 e. The average molecular weight is 360 g/mol. The minimum absolute atomic E-state index is 0.0852. The normalized spacial score (nSPS) is 11.4. The van der Waals surface area contributed by atoms with Crippen LogP contribution in [0.5, 0.6) is 0 Å². The number of benzene rings is 1. The third-order valence-corrected chi connectivity index (χ3v) is 4.47. The van der Waals surface area contributed by atoms with Gasteiger partial charge < -0.3 is 9.72 Å². The van der Waals surface area contributed by atoms with Gasteiger partial charge in [-0.25, -0.2) is 4.98 Å². The molecule has 1 aromatic carbocycles. The van der Waals surface area contributed by atoms with Crippen LogP contribution in [-0.4, -0.2) is 25.9 Å². The Hall–Kier alpha value is -3.41. The van der Waals surface area contributed by atoms with E-state index in [0.717, 1.165) is 11.1 Å². The third-order valence-electron chi connectivity index (χ3n) is 4.47. The highest BCUT2D eigenvalue weighted by atomic mass is 16.1. The molecule has 0 aliphatic carbocycles. The molecule has 3 aromatic heterocycles. The molecule has 4 rings (SSSR count). The Balaban J connectivity index is 1.74. The number of amides is 1. The van der Waals surface area contributed by atoms with Gasteiger partial charge in [0.2, 0.25) is 0 Å². The molecule has 3 heterocycles. The molecule has 0 spiro atoms. The number of hydrogen-bond donors (Lipinski definition) is 1. The lowest BCUT2D eigenvalue weighted by Crippen LogP contribution is -2.30. The Morgan fingerprint density at radius 1 is 1.07 bits per heavy atom. The molecule has 0 aliphatic rings. The van der Waals surface area contributed by atoms with E-state index in [2.05, 4.69) is 10.3 Å². The number of pyridine rings is 1. The van der Waals surface area contributed by atoms with E-state index in [1.807, 2.05) is 60.8 Å². The second kappa shape index (κ2) is 6.72. The number of fused-ring (bicyclic) bond motifs is 3. The third kappa shape index (κ3) is 3.10. The molecule has 6 heteroatoms. The summed E-state index contributed by atoms with van der Waals surface area (Å²) in [6, 6.07) is 14.9. The van der Waals surface area contributed by atoms with Crippen molar-refractivity contribution in [2.24, 2.45) is 0 Å². The van der Waals surface area contributed by atoms with Crippen molar-refractivity contribution >= 4 is 22.6 Å². The molecule has 0 aliphatic heterocycles. The molecule has 0 fully saturated rings. The monoisotopic (exact) mass is 360 g/mol. The molecule has 4 aromatic rings. The lowest BCUT2D eigenvalue weighted by atomic mass is 10.1. The van der Waals surface area contributed by atoms with Crippen molar-refractivity contribution in [1.29, 1.82) is 0 Å². The van der Waals surface area contributed by atoms with Crippen LogP contribution in [0.3, 0.4) is 0 Å². The van der Waals surface area contributed by atoms with Crippen molar-refractivity contribution in [3.8, 4) is 0 Å². The van der Waals surface area contributed by atoms with Crippen molar-refractivity contribution < 1.29 is 4.79 Å². The van der Waals surface area contributed by atoms with E-state index in [0.29, 0.717) is 23.3 Å². The maximum Gasteiger partial charge on any atom is 0.276 e. The molecule has 0 saturated heterocycles. The minimum Gasteiger partial charge on any atom is -0.350 e. The van der Waals surface area contributed by atoms with Gasteiger partial charge in [-0.1, -0.05) is 12.1 Å². The van der Waals surface area contributed by atoms with Gasteiger partial charge in [-0.3, -0.25) is 14.2 Å². The fourth-order valence-electron chi connectivity index (χ4n) is 3.22. The highest BCUT2D eigenvalue weighted by Gasteiger charge is 2.12. The summed E-state index contributed by atoms with van der Waals surface area (Å²) in [5.41, 5.74) is 3.57. The maximum absolute atomic E-state index is 12.9. The summed E-state index contributed by atoms with van der Waals surface area (Å²) < 4.78 is 3.54. The number of aromatic nitrogens is 3. The number of carbonyl (C=O) groups excluding carboxylic acids is 1. The number of hydrogen-bond acceptors (Lipinski definition) is 3. The van der Waals surface area contributed by atoms with Crippen LogP contribution in [-0.2, 0) is 6.54 Å². The molecule has 0 radical (unpaired) electrons. The summed E-state index contributed by atoms with van der Waals surface area (Å²) in [6.45, 7) is 4.24. The van der Waals surface area contributed by atoms with Gasteiger partial charge in [-0.15, -0.1) is 0 Å². The fourth-order valence-corrected chi connectivity index (χ4v) is 3.22. The Labute approximate surface area is 156 Å². The zero-order chi connectivity index (χ0) is 19.0. The Morgan fingerprint density at radius 3 is 2.56 bits per heavy atom. The second-order valence-corrected chi connectivity index (χ2v) is 6.83. The van der Waals surface area contributed by atoms with Crippen molar-refractivity contribution in [3.05, 3.63) is 82.4 Å². The molecule has 27 heavy (non-hydrogen) atoms. The second-order valence-electron chi connectivity index (χ2n) is 6.83. The Morgan fingerprint density at radius 2 is 1.81 bits per heavy atom.